The van der Waals surface area contributed by atoms with Gasteiger partial charge in [-0.25, -0.2) is 4.98 Å². The predicted molar refractivity (Wildman–Crippen MR) is 110 cm³/mol. The van der Waals surface area contributed by atoms with Crippen LogP contribution in [0, 0.1) is 6.92 Å². The molecule has 0 radical (unpaired) electrons. The highest BCUT2D eigenvalue weighted by Crippen LogP contribution is 2.36. The van der Waals surface area contributed by atoms with Crippen molar-refractivity contribution in [1.82, 2.24) is 20.5 Å². The van der Waals surface area contributed by atoms with Crippen LogP contribution < -0.4 is 10.6 Å². The molecule has 7 heteroatoms. The fourth-order valence-electron chi connectivity index (χ4n) is 3.98. The van der Waals surface area contributed by atoms with Gasteiger partial charge in [0.15, 0.2) is 5.96 Å². The standard InChI is InChI=1S/C18H31N5S2/c1-15-22-16(13-25-15)5-8-20-17(19-2)21-14-18(6-3-4-7-18)23-9-11-24-12-10-23/h13H,3-12,14H2,1-2H3,(H2,19,20,21). The normalized spacial score (nSPS) is 21.4. The van der Waals surface area contributed by atoms with E-state index in [0.29, 0.717) is 5.54 Å². The second kappa shape index (κ2) is 9.24. The van der Waals surface area contributed by atoms with Gasteiger partial charge in [-0.2, -0.15) is 11.8 Å². The number of thiazole rings is 1. The maximum absolute atomic E-state index is 4.52. The molecule has 5 nitrogen and oxygen atoms in total. The van der Waals surface area contributed by atoms with E-state index in [-0.39, 0.29) is 0 Å². The molecule has 0 unspecified atom stereocenters. The second-order valence-corrected chi connectivity index (χ2v) is 9.28. The first-order valence-electron chi connectivity index (χ1n) is 9.40. The summed E-state index contributed by atoms with van der Waals surface area (Å²) in [5.74, 6) is 3.48. The van der Waals surface area contributed by atoms with E-state index in [0.717, 1.165) is 30.5 Å². The largest absolute Gasteiger partial charge is 0.356 e. The van der Waals surface area contributed by atoms with Crippen LogP contribution in [0.15, 0.2) is 10.4 Å². The molecule has 0 spiro atoms. The number of nitrogens with zero attached hydrogens (tertiary/aromatic N) is 3. The highest BCUT2D eigenvalue weighted by atomic mass is 32.2. The second-order valence-electron chi connectivity index (χ2n) is 6.99. The van der Waals surface area contributed by atoms with E-state index in [4.69, 9.17) is 0 Å². The molecule has 2 heterocycles. The summed E-state index contributed by atoms with van der Waals surface area (Å²) >= 11 is 3.81. The minimum absolute atomic E-state index is 0.338. The van der Waals surface area contributed by atoms with Gasteiger partial charge in [0, 0.05) is 62.1 Å². The summed E-state index contributed by atoms with van der Waals surface area (Å²) in [7, 11) is 1.86. The average Bonchev–Trinajstić information content (AvgIpc) is 3.28. The summed E-state index contributed by atoms with van der Waals surface area (Å²) in [5, 5.41) is 10.4. The molecule has 1 saturated carbocycles. The molecule has 0 atom stereocenters. The molecule has 0 bridgehead atoms. The fraction of sp³-hybridized carbons (Fsp3) is 0.778. The lowest BCUT2D eigenvalue weighted by atomic mass is 9.94. The molecule has 1 saturated heterocycles. The Morgan fingerprint density at radius 2 is 2.04 bits per heavy atom. The number of aliphatic imine (C=N–C) groups is 1. The van der Waals surface area contributed by atoms with Crippen LogP contribution in [0.1, 0.15) is 36.4 Å². The molecule has 0 amide bonds. The lowest BCUT2D eigenvalue weighted by Gasteiger charge is -2.43. The van der Waals surface area contributed by atoms with Crippen LogP contribution in [-0.2, 0) is 6.42 Å². The van der Waals surface area contributed by atoms with E-state index in [1.165, 1.54) is 56.0 Å². The van der Waals surface area contributed by atoms with Crippen LogP contribution in [-0.4, -0.2) is 66.1 Å². The predicted octanol–water partition coefficient (Wildman–Crippen LogP) is 2.52. The number of hydrogen-bond acceptors (Lipinski definition) is 5. The van der Waals surface area contributed by atoms with Gasteiger partial charge in [0.05, 0.1) is 10.7 Å². The number of rotatable bonds is 6. The number of guanidine groups is 1. The van der Waals surface area contributed by atoms with E-state index in [2.05, 4.69) is 49.6 Å². The Bertz CT molecular complexity index is 560. The van der Waals surface area contributed by atoms with Crippen molar-refractivity contribution in [3.63, 3.8) is 0 Å². The quantitative estimate of drug-likeness (QED) is 0.586. The van der Waals surface area contributed by atoms with Crippen LogP contribution in [0.3, 0.4) is 0 Å². The Labute approximate surface area is 160 Å². The first-order chi connectivity index (χ1) is 12.2. The number of aromatic nitrogens is 1. The van der Waals surface area contributed by atoms with E-state index in [1.807, 2.05) is 7.05 Å². The molecular formula is C18H31N5S2. The third-order valence-corrected chi connectivity index (χ3v) is 7.13. The van der Waals surface area contributed by atoms with E-state index in [1.54, 1.807) is 11.3 Å². The van der Waals surface area contributed by atoms with Gasteiger partial charge in [0.1, 0.15) is 0 Å². The minimum atomic E-state index is 0.338. The zero-order chi connectivity index (χ0) is 17.5. The van der Waals surface area contributed by atoms with E-state index < -0.39 is 0 Å². The van der Waals surface area contributed by atoms with Crippen LogP contribution in [0.2, 0.25) is 0 Å². The van der Waals surface area contributed by atoms with Gasteiger partial charge >= 0.3 is 0 Å². The summed E-state index contributed by atoms with van der Waals surface area (Å²) in [6, 6.07) is 0. The van der Waals surface area contributed by atoms with Crippen LogP contribution in [0.25, 0.3) is 0 Å². The minimum Gasteiger partial charge on any atom is -0.356 e. The van der Waals surface area contributed by atoms with Crippen molar-refractivity contribution in [2.24, 2.45) is 4.99 Å². The lowest BCUT2D eigenvalue weighted by molar-refractivity contribution is 0.107. The van der Waals surface area contributed by atoms with Gasteiger partial charge in [-0.1, -0.05) is 12.8 Å². The van der Waals surface area contributed by atoms with Crippen molar-refractivity contribution < 1.29 is 0 Å². The van der Waals surface area contributed by atoms with Gasteiger partial charge in [-0.15, -0.1) is 11.3 Å². The van der Waals surface area contributed by atoms with E-state index in [9.17, 15) is 0 Å². The first-order valence-corrected chi connectivity index (χ1v) is 11.4. The highest BCUT2D eigenvalue weighted by Gasteiger charge is 2.39. The molecule has 0 aromatic carbocycles. The van der Waals surface area contributed by atoms with Crippen molar-refractivity contribution in [3.05, 3.63) is 16.1 Å². The number of nitrogens with one attached hydrogen (secondary N) is 2. The maximum Gasteiger partial charge on any atom is 0.191 e. The molecule has 1 aliphatic heterocycles. The molecule has 2 N–H and O–H groups in total. The van der Waals surface area contributed by atoms with Crippen molar-refractivity contribution in [2.75, 3.05) is 44.7 Å². The Kier molecular flexibility index (Phi) is 7.01. The Morgan fingerprint density at radius 3 is 2.68 bits per heavy atom. The lowest BCUT2D eigenvalue weighted by Crippen LogP contribution is -2.57. The van der Waals surface area contributed by atoms with Crippen molar-refractivity contribution >= 4 is 29.1 Å². The van der Waals surface area contributed by atoms with Crippen LogP contribution in [0.5, 0.6) is 0 Å². The highest BCUT2D eigenvalue weighted by molar-refractivity contribution is 7.99. The molecule has 1 aromatic heterocycles. The molecule has 2 fully saturated rings. The summed E-state index contributed by atoms with van der Waals surface area (Å²) in [4.78, 5) is 11.7. The summed E-state index contributed by atoms with van der Waals surface area (Å²) in [6.45, 7) is 6.41. The number of thioether (sulfide) groups is 1. The topological polar surface area (TPSA) is 52.6 Å². The monoisotopic (exact) mass is 381 g/mol. The fourth-order valence-corrected chi connectivity index (χ4v) is 5.53. The molecule has 3 rings (SSSR count). The van der Waals surface area contributed by atoms with E-state index >= 15 is 0 Å². The van der Waals surface area contributed by atoms with Gasteiger partial charge in [0.2, 0.25) is 0 Å². The molecule has 1 aromatic rings. The SMILES string of the molecule is CN=C(NCCc1csc(C)n1)NCC1(N2CCSCC2)CCCC1. The third-order valence-electron chi connectivity index (χ3n) is 5.36. The molecular weight excluding hydrogens is 350 g/mol. The zero-order valence-electron chi connectivity index (χ0n) is 15.5. The van der Waals surface area contributed by atoms with Crippen molar-refractivity contribution in [2.45, 2.75) is 44.6 Å². The molecule has 2 aliphatic rings. The van der Waals surface area contributed by atoms with Gasteiger partial charge in [-0.05, 0) is 19.8 Å². The molecule has 1 aliphatic carbocycles. The smallest absolute Gasteiger partial charge is 0.191 e. The van der Waals surface area contributed by atoms with Gasteiger partial charge < -0.3 is 10.6 Å². The Balaban J connectivity index is 1.48. The summed E-state index contributed by atoms with van der Waals surface area (Å²) in [6.07, 6.45) is 6.31. The Hall–Kier alpha value is -0.790. The van der Waals surface area contributed by atoms with Crippen LogP contribution >= 0.6 is 23.1 Å². The maximum atomic E-state index is 4.52. The van der Waals surface area contributed by atoms with Crippen LogP contribution in [0.4, 0.5) is 0 Å². The molecule has 140 valence electrons. The summed E-state index contributed by atoms with van der Waals surface area (Å²) < 4.78 is 0. The Morgan fingerprint density at radius 1 is 1.28 bits per heavy atom. The van der Waals surface area contributed by atoms with Crippen molar-refractivity contribution in [1.29, 1.82) is 0 Å². The van der Waals surface area contributed by atoms with Crippen molar-refractivity contribution in [3.8, 4) is 0 Å². The van der Waals surface area contributed by atoms with Gasteiger partial charge in [-0.3, -0.25) is 9.89 Å². The first kappa shape index (κ1) is 19.0. The summed E-state index contributed by atoms with van der Waals surface area (Å²) in [5.41, 5.74) is 1.51. The third kappa shape index (κ3) is 5.11. The molecule has 25 heavy (non-hydrogen) atoms. The zero-order valence-corrected chi connectivity index (χ0v) is 17.1. The number of hydrogen-bond donors (Lipinski definition) is 2. The average molecular weight is 382 g/mol. The van der Waals surface area contributed by atoms with Gasteiger partial charge in [0.25, 0.3) is 0 Å². The number of aryl methyl sites for hydroxylation is 1.